The van der Waals surface area contributed by atoms with Crippen LogP contribution in [-0.2, 0) is 17.8 Å². The number of amidine groups is 1. The van der Waals surface area contributed by atoms with E-state index in [1.54, 1.807) is 36.4 Å². The molecule has 0 aliphatic carbocycles. The summed E-state index contributed by atoms with van der Waals surface area (Å²) in [6, 6.07) is 30.6. The number of phenols is 1. The van der Waals surface area contributed by atoms with Gasteiger partial charge in [0.1, 0.15) is 17.6 Å². The number of phenolic OH excluding ortho intramolecular Hbond substituents is 1. The fourth-order valence-electron chi connectivity index (χ4n) is 4.43. The fourth-order valence-corrected chi connectivity index (χ4v) is 4.43. The number of amides is 3. The predicted molar refractivity (Wildman–Crippen MR) is 151 cm³/mol. The summed E-state index contributed by atoms with van der Waals surface area (Å²) >= 11 is 0. The van der Waals surface area contributed by atoms with Crippen LogP contribution in [0.2, 0.25) is 0 Å². The molecule has 4 aromatic rings. The van der Waals surface area contributed by atoms with Crippen molar-refractivity contribution >= 4 is 17.8 Å². The second-order valence-electron chi connectivity index (χ2n) is 9.23. The highest BCUT2D eigenvalue weighted by molar-refractivity contribution is 5.95. The largest absolute Gasteiger partial charge is 0.508 e. The summed E-state index contributed by atoms with van der Waals surface area (Å²) in [7, 11) is 0. The first-order chi connectivity index (χ1) is 18.8. The van der Waals surface area contributed by atoms with E-state index in [4.69, 9.17) is 16.9 Å². The van der Waals surface area contributed by atoms with Gasteiger partial charge in [0.25, 0.3) is 0 Å². The number of nitrogens with zero attached hydrogens (tertiary/aromatic N) is 1. The Bertz CT molecular complexity index is 1390. The van der Waals surface area contributed by atoms with Crippen molar-refractivity contribution in [3.05, 3.63) is 137 Å². The monoisotopic (exact) mass is 521 g/mol. The zero-order valence-electron chi connectivity index (χ0n) is 21.3. The number of carbonyl (C=O) groups excluding carboxylic acids is 2. The maximum absolute atomic E-state index is 14.0. The molecular formula is C31H31N5O3. The Morgan fingerprint density at radius 2 is 1.38 bits per heavy atom. The maximum Gasteiger partial charge on any atom is 0.319 e. The van der Waals surface area contributed by atoms with E-state index in [1.165, 1.54) is 17.0 Å². The molecule has 0 aromatic heterocycles. The summed E-state index contributed by atoms with van der Waals surface area (Å²) in [5, 5.41) is 20.6. The van der Waals surface area contributed by atoms with Crippen LogP contribution in [0.1, 0.15) is 33.9 Å². The predicted octanol–water partition coefficient (Wildman–Crippen LogP) is 4.07. The SMILES string of the molecule is N=C(N)c1cccc(C[C@H](C(N)=O)N(Cc2ccc(O)cc2)C(=O)NC(c2ccccc2)c2ccccc2)c1. The zero-order chi connectivity index (χ0) is 27.8. The van der Waals surface area contributed by atoms with Gasteiger partial charge in [-0.2, -0.15) is 0 Å². The van der Waals surface area contributed by atoms with E-state index in [0.29, 0.717) is 16.7 Å². The van der Waals surface area contributed by atoms with Crippen molar-refractivity contribution in [3.63, 3.8) is 0 Å². The number of nitrogen functional groups attached to an aromatic ring is 1. The molecule has 4 rings (SSSR count). The summed E-state index contributed by atoms with van der Waals surface area (Å²) in [4.78, 5) is 28.2. The van der Waals surface area contributed by atoms with Crippen LogP contribution in [-0.4, -0.2) is 33.8 Å². The Kier molecular flexibility index (Phi) is 8.58. The van der Waals surface area contributed by atoms with Gasteiger partial charge >= 0.3 is 6.03 Å². The lowest BCUT2D eigenvalue weighted by Gasteiger charge is -2.32. The molecule has 0 heterocycles. The number of benzene rings is 4. The second-order valence-corrected chi connectivity index (χ2v) is 9.23. The van der Waals surface area contributed by atoms with Crippen LogP contribution < -0.4 is 16.8 Å². The van der Waals surface area contributed by atoms with Crippen LogP contribution in [0.4, 0.5) is 4.79 Å². The summed E-state index contributed by atoms with van der Waals surface area (Å²) in [6.45, 7) is 0.0718. The summed E-state index contributed by atoms with van der Waals surface area (Å²) in [5.74, 6) is -0.677. The van der Waals surface area contributed by atoms with E-state index in [0.717, 1.165) is 11.1 Å². The van der Waals surface area contributed by atoms with Gasteiger partial charge in [-0.05, 0) is 40.5 Å². The standard InChI is InChI=1S/C31H31N5O3/c32-29(33)25-13-7-8-22(18-25)19-27(30(34)38)36(20-21-14-16-26(37)17-15-21)31(39)35-28(23-9-3-1-4-10-23)24-11-5-2-6-12-24/h1-18,27-28,37H,19-20H2,(H3,32,33)(H2,34,38)(H,35,39)/t27-/m1/s1. The number of rotatable bonds is 10. The summed E-state index contributed by atoms with van der Waals surface area (Å²) in [5.41, 5.74) is 15.2. The molecule has 0 saturated carbocycles. The molecule has 7 N–H and O–H groups in total. The minimum atomic E-state index is -1.01. The van der Waals surface area contributed by atoms with E-state index in [1.807, 2.05) is 60.7 Å². The van der Waals surface area contributed by atoms with Gasteiger partial charge in [0, 0.05) is 18.5 Å². The molecule has 1 atom stereocenters. The minimum absolute atomic E-state index is 0.0718. The van der Waals surface area contributed by atoms with Gasteiger partial charge in [-0.3, -0.25) is 10.2 Å². The molecule has 4 aromatic carbocycles. The van der Waals surface area contributed by atoms with Crippen LogP contribution >= 0.6 is 0 Å². The number of nitrogens with one attached hydrogen (secondary N) is 2. The van der Waals surface area contributed by atoms with Gasteiger partial charge in [-0.1, -0.05) is 91.0 Å². The van der Waals surface area contributed by atoms with E-state index >= 15 is 0 Å². The third kappa shape index (κ3) is 7.01. The van der Waals surface area contributed by atoms with Crippen molar-refractivity contribution in [3.8, 4) is 5.75 Å². The van der Waals surface area contributed by atoms with Crippen molar-refractivity contribution in [2.45, 2.75) is 25.0 Å². The van der Waals surface area contributed by atoms with Gasteiger partial charge in [0.2, 0.25) is 5.91 Å². The Morgan fingerprint density at radius 3 is 1.92 bits per heavy atom. The zero-order valence-corrected chi connectivity index (χ0v) is 21.3. The van der Waals surface area contributed by atoms with Gasteiger partial charge in [-0.15, -0.1) is 0 Å². The molecular weight excluding hydrogens is 490 g/mol. The Labute approximate surface area is 227 Å². The van der Waals surface area contributed by atoms with Crippen LogP contribution in [0.3, 0.4) is 0 Å². The molecule has 8 heteroatoms. The van der Waals surface area contributed by atoms with Crippen molar-refractivity contribution in [2.75, 3.05) is 0 Å². The Hall–Kier alpha value is -5.11. The van der Waals surface area contributed by atoms with Crippen molar-refractivity contribution in [1.29, 1.82) is 5.41 Å². The fraction of sp³-hybridized carbons (Fsp3) is 0.129. The molecule has 0 aliphatic rings. The maximum atomic E-state index is 14.0. The molecule has 39 heavy (non-hydrogen) atoms. The normalized spacial score (nSPS) is 11.5. The van der Waals surface area contributed by atoms with E-state index in [-0.39, 0.29) is 24.6 Å². The first kappa shape index (κ1) is 26.9. The van der Waals surface area contributed by atoms with Gasteiger partial charge < -0.3 is 26.8 Å². The summed E-state index contributed by atoms with van der Waals surface area (Å²) < 4.78 is 0. The molecule has 0 spiro atoms. The number of hydrogen-bond donors (Lipinski definition) is 5. The van der Waals surface area contributed by atoms with Crippen molar-refractivity contribution < 1.29 is 14.7 Å². The molecule has 198 valence electrons. The smallest absolute Gasteiger partial charge is 0.319 e. The number of aromatic hydroxyl groups is 1. The third-order valence-corrected chi connectivity index (χ3v) is 6.46. The molecule has 0 fully saturated rings. The lowest BCUT2D eigenvalue weighted by atomic mass is 9.98. The highest BCUT2D eigenvalue weighted by atomic mass is 16.3. The van der Waals surface area contributed by atoms with Crippen LogP contribution in [0.15, 0.2) is 109 Å². The van der Waals surface area contributed by atoms with Crippen molar-refractivity contribution in [2.24, 2.45) is 11.5 Å². The topological polar surface area (TPSA) is 146 Å². The first-order valence-corrected chi connectivity index (χ1v) is 12.5. The average molecular weight is 522 g/mol. The molecule has 0 aliphatic heterocycles. The van der Waals surface area contributed by atoms with E-state index in [2.05, 4.69) is 5.32 Å². The minimum Gasteiger partial charge on any atom is -0.508 e. The molecule has 8 nitrogen and oxygen atoms in total. The number of hydrogen-bond acceptors (Lipinski definition) is 4. The lowest BCUT2D eigenvalue weighted by molar-refractivity contribution is -0.122. The van der Waals surface area contributed by atoms with Crippen molar-refractivity contribution in [1.82, 2.24) is 10.2 Å². The van der Waals surface area contributed by atoms with E-state index < -0.39 is 24.0 Å². The van der Waals surface area contributed by atoms with Gasteiger partial charge in [0.15, 0.2) is 0 Å². The number of carbonyl (C=O) groups is 2. The van der Waals surface area contributed by atoms with Gasteiger partial charge in [0.05, 0.1) is 6.04 Å². The van der Waals surface area contributed by atoms with Crippen LogP contribution in [0.5, 0.6) is 5.75 Å². The Balaban J connectivity index is 1.70. The third-order valence-electron chi connectivity index (χ3n) is 6.46. The quantitative estimate of drug-likeness (QED) is 0.158. The lowest BCUT2D eigenvalue weighted by Crippen LogP contribution is -2.52. The highest BCUT2D eigenvalue weighted by Gasteiger charge is 2.31. The number of primary amides is 1. The van der Waals surface area contributed by atoms with Gasteiger partial charge in [-0.25, -0.2) is 4.79 Å². The molecule has 0 saturated heterocycles. The first-order valence-electron chi connectivity index (χ1n) is 12.5. The highest BCUT2D eigenvalue weighted by Crippen LogP contribution is 2.24. The second kappa shape index (κ2) is 12.4. The molecule has 3 amide bonds. The van der Waals surface area contributed by atoms with Crippen LogP contribution in [0, 0.1) is 5.41 Å². The summed E-state index contributed by atoms with van der Waals surface area (Å²) in [6.07, 6.45) is 0.128. The van der Waals surface area contributed by atoms with Crippen LogP contribution in [0.25, 0.3) is 0 Å². The van der Waals surface area contributed by atoms with E-state index in [9.17, 15) is 14.7 Å². The number of nitrogens with two attached hydrogens (primary N) is 2. The average Bonchev–Trinajstić information content (AvgIpc) is 2.95. The molecule has 0 unspecified atom stereocenters. The number of urea groups is 1. The Morgan fingerprint density at radius 1 is 0.795 bits per heavy atom. The molecule has 0 bridgehead atoms. The molecule has 0 radical (unpaired) electrons.